The predicted molar refractivity (Wildman–Crippen MR) is 86.9 cm³/mol. The summed E-state index contributed by atoms with van der Waals surface area (Å²) in [6.07, 6.45) is 0.843. The number of carbonyl (C=O) groups excluding carboxylic acids is 1. The molecule has 2 unspecified atom stereocenters. The summed E-state index contributed by atoms with van der Waals surface area (Å²) < 4.78 is 4.96. The standard InChI is InChI=1S/C17H23N3O3/c1-5-11(2)17(4,22)10-18-16(21)14-8-6-7-13(9-14)15-19-12(3)23-20-15/h6-9,11,22H,5,10H2,1-4H3,(H,18,21). The minimum atomic E-state index is -0.938. The molecule has 1 amide bonds. The summed E-state index contributed by atoms with van der Waals surface area (Å²) in [7, 11) is 0. The Morgan fingerprint density at radius 3 is 2.83 bits per heavy atom. The van der Waals surface area contributed by atoms with Gasteiger partial charge in [0.15, 0.2) is 0 Å². The van der Waals surface area contributed by atoms with Crippen molar-refractivity contribution < 1.29 is 14.4 Å². The molecule has 0 aliphatic heterocycles. The number of hydrogen-bond acceptors (Lipinski definition) is 5. The van der Waals surface area contributed by atoms with Gasteiger partial charge in [0.1, 0.15) is 0 Å². The van der Waals surface area contributed by atoms with Gasteiger partial charge < -0.3 is 14.9 Å². The number of nitrogens with zero attached hydrogens (tertiary/aromatic N) is 2. The molecule has 0 aliphatic carbocycles. The molecule has 0 radical (unpaired) electrons. The third kappa shape index (κ3) is 4.16. The van der Waals surface area contributed by atoms with Crippen molar-refractivity contribution in [2.45, 2.75) is 39.7 Å². The molecule has 2 aromatic rings. The van der Waals surface area contributed by atoms with E-state index in [2.05, 4.69) is 15.5 Å². The fourth-order valence-corrected chi connectivity index (χ4v) is 2.19. The van der Waals surface area contributed by atoms with Crippen LogP contribution >= 0.6 is 0 Å². The number of aromatic nitrogens is 2. The lowest BCUT2D eigenvalue weighted by Crippen LogP contribution is -2.45. The van der Waals surface area contributed by atoms with E-state index in [1.54, 1.807) is 32.0 Å². The quantitative estimate of drug-likeness (QED) is 0.855. The molecule has 0 spiro atoms. The zero-order chi connectivity index (χ0) is 17.0. The van der Waals surface area contributed by atoms with Gasteiger partial charge in [-0.05, 0) is 25.0 Å². The summed E-state index contributed by atoms with van der Waals surface area (Å²) in [6, 6.07) is 7.00. The van der Waals surface area contributed by atoms with Crippen LogP contribution in [0.25, 0.3) is 11.4 Å². The van der Waals surface area contributed by atoms with Gasteiger partial charge in [0.2, 0.25) is 11.7 Å². The van der Waals surface area contributed by atoms with Crippen molar-refractivity contribution in [2.75, 3.05) is 6.54 Å². The van der Waals surface area contributed by atoms with Crippen molar-refractivity contribution in [1.82, 2.24) is 15.5 Å². The second-order valence-electron chi connectivity index (χ2n) is 6.07. The lowest BCUT2D eigenvalue weighted by molar-refractivity contribution is 0.00593. The molecular weight excluding hydrogens is 294 g/mol. The highest BCUT2D eigenvalue weighted by Crippen LogP contribution is 2.20. The van der Waals surface area contributed by atoms with Crippen molar-refractivity contribution >= 4 is 5.91 Å². The Labute approximate surface area is 135 Å². The minimum absolute atomic E-state index is 0.0939. The second kappa shape index (κ2) is 6.91. The Kier molecular flexibility index (Phi) is 5.15. The summed E-state index contributed by atoms with van der Waals surface area (Å²) in [6.45, 7) is 7.62. The van der Waals surface area contributed by atoms with Crippen LogP contribution in [0.5, 0.6) is 0 Å². The first-order valence-corrected chi connectivity index (χ1v) is 7.75. The topological polar surface area (TPSA) is 88.2 Å². The Hall–Kier alpha value is -2.21. The highest BCUT2D eigenvalue weighted by Gasteiger charge is 2.27. The average Bonchev–Trinajstić information content (AvgIpc) is 2.98. The molecule has 2 N–H and O–H groups in total. The molecule has 1 aromatic heterocycles. The van der Waals surface area contributed by atoms with E-state index in [-0.39, 0.29) is 18.4 Å². The smallest absolute Gasteiger partial charge is 0.251 e. The van der Waals surface area contributed by atoms with Gasteiger partial charge >= 0.3 is 0 Å². The van der Waals surface area contributed by atoms with Gasteiger partial charge in [-0.25, -0.2) is 0 Å². The van der Waals surface area contributed by atoms with E-state index >= 15 is 0 Å². The monoisotopic (exact) mass is 317 g/mol. The first-order chi connectivity index (χ1) is 10.8. The highest BCUT2D eigenvalue weighted by atomic mass is 16.5. The van der Waals surface area contributed by atoms with Crippen molar-refractivity contribution in [3.05, 3.63) is 35.7 Å². The van der Waals surface area contributed by atoms with E-state index in [4.69, 9.17) is 4.52 Å². The number of nitrogens with one attached hydrogen (secondary N) is 1. The number of carbonyl (C=O) groups is 1. The zero-order valence-electron chi connectivity index (χ0n) is 14.0. The minimum Gasteiger partial charge on any atom is -0.388 e. The number of amides is 1. The van der Waals surface area contributed by atoms with Gasteiger partial charge in [0.25, 0.3) is 5.91 Å². The van der Waals surface area contributed by atoms with Crippen LogP contribution in [0.4, 0.5) is 0 Å². The fourth-order valence-electron chi connectivity index (χ4n) is 2.19. The van der Waals surface area contributed by atoms with Gasteiger partial charge in [-0.3, -0.25) is 4.79 Å². The third-order valence-corrected chi connectivity index (χ3v) is 4.19. The van der Waals surface area contributed by atoms with Gasteiger partial charge in [-0.15, -0.1) is 0 Å². The summed E-state index contributed by atoms with van der Waals surface area (Å²) in [5, 5.41) is 17.0. The van der Waals surface area contributed by atoms with Crippen LogP contribution in [0.1, 0.15) is 43.4 Å². The Morgan fingerprint density at radius 1 is 1.48 bits per heavy atom. The number of hydrogen-bond donors (Lipinski definition) is 2. The summed E-state index contributed by atoms with van der Waals surface area (Å²) in [4.78, 5) is 16.5. The van der Waals surface area contributed by atoms with Crippen LogP contribution in [-0.4, -0.2) is 33.3 Å². The van der Waals surface area contributed by atoms with E-state index in [0.717, 1.165) is 6.42 Å². The SMILES string of the molecule is CCC(C)C(C)(O)CNC(=O)c1cccc(-c2noc(C)n2)c1. The van der Waals surface area contributed by atoms with Crippen molar-refractivity contribution in [2.24, 2.45) is 5.92 Å². The molecule has 6 heteroatoms. The molecule has 1 heterocycles. The lowest BCUT2D eigenvalue weighted by Gasteiger charge is -2.29. The molecule has 124 valence electrons. The maximum Gasteiger partial charge on any atom is 0.251 e. The Morgan fingerprint density at radius 2 is 2.22 bits per heavy atom. The third-order valence-electron chi connectivity index (χ3n) is 4.19. The lowest BCUT2D eigenvalue weighted by atomic mass is 9.88. The van der Waals surface area contributed by atoms with Crippen LogP contribution in [0, 0.1) is 12.8 Å². The highest BCUT2D eigenvalue weighted by molar-refractivity contribution is 5.95. The Balaban J connectivity index is 2.08. The van der Waals surface area contributed by atoms with Gasteiger partial charge in [-0.2, -0.15) is 4.98 Å². The molecule has 1 aromatic carbocycles. The van der Waals surface area contributed by atoms with Crippen LogP contribution in [0.2, 0.25) is 0 Å². The van der Waals surface area contributed by atoms with Crippen molar-refractivity contribution in [1.29, 1.82) is 0 Å². The van der Waals surface area contributed by atoms with Crippen molar-refractivity contribution in [3.63, 3.8) is 0 Å². The average molecular weight is 317 g/mol. The molecule has 2 atom stereocenters. The summed E-state index contributed by atoms with van der Waals surface area (Å²) in [5.74, 6) is 0.773. The maximum absolute atomic E-state index is 12.3. The molecule has 6 nitrogen and oxygen atoms in total. The van der Waals surface area contributed by atoms with Gasteiger partial charge in [0, 0.05) is 24.6 Å². The zero-order valence-corrected chi connectivity index (χ0v) is 14.0. The number of benzene rings is 1. The number of rotatable bonds is 6. The van der Waals surface area contributed by atoms with E-state index < -0.39 is 5.60 Å². The molecule has 23 heavy (non-hydrogen) atoms. The first-order valence-electron chi connectivity index (χ1n) is 7.75. The molecule has 0 saturated heterocycles. The molecular formula is C17H23N3O3. The van der Waals surface area contributed by atoms with E-state index in [9.17, 15) is 9.90 Å². The Bertz CT molecular complexity index is 679. The number of aliphatic hydroxyl groups is 1. The molecule has 2 rings (SSSR count). The van der Waals surface area contributed by atoms with Crippen LogP contribution < -0.4 is 5.32 Å². The van der Waals surface area contributed by atoms with Gasteiger partial charge in [-0.1, -0.05) is 37.6 Å². The van der Waals surface area contributed by atoms with Crippen LogP contribution in [-0.2, 0) is 0 Å². The van der Waals surface area contributed by atoms with Gasteiger partial charge in [0.05, 0.1) is 5.60 Å². The van der Waals surface area contributed by atoms with E-state index in [1.807, 2.05) is 19.9 Å². The molecule has 0 fully saturated rings. The molecule has 0 saturated carbocycles. The van der Waals surface area contributed by atoms with Crippen molar-refractivity contribution in [3.8, 4) is 11.4 Å². The predicted octanol–water partition coefficient (Wildman–Crippen LogP) is 2.57. The molecule has 0 aliphatic rings. The van der Waals surface area contributed by atoms with E-state index in [0.29, 0.717) is 22.8 Å². The fraction of sp³-hybridized carbons (Fsp3) is 0.471. The summed E-state index contributed by atoms with van der Waals surface area (Å²) in [5.41, 5.74) is 0.264. The number of aryl methyl sites for hydroxylation is 1. The maximum atomic E-state index is 12.3. The molecule has 0 bridgehead atoms. The first kappa shape index (κ1) is 17.1. The summed E-state index contributed by atoms with van der Waals surface area (Å²) >= 11 is 0. The van der Waals surface area contributed by atoms with E-state index in [1.165, 1.54) is 0 Å². The van der Waals surface area contributed by atoms with Crippen LogP contribution in [0.3, 0.4) is 0 Å². The normalized spacial score (nSPS) is 15.0. The second-order valence-corrected chi connectivity index (χ2v) is 6.07. The van der Waals surface area contributed by atoms with Crippen LogP contribution in [0.15, 0.2) is 28.8 Å². The largest absolute Gasteiger partial charge is 0.388 e.